The highest BCUT2D eigenvalue weighted by Crippen LogP contribution is 2.33. The molecule has 1 saturated heterocycles. The Morgan fingerprint density at radius 3 is 2.58 bits per heavy atom. The molecule has 1 unspecified atom stereocenters. The number of nitrogens with one attached hydrogen (secondary N) is 1. The van der Waals surface area contributed by atoms with E-state index >= 15 is 0 Å². The fourth-order valence-electron chi connectivity index (χ4n) is 4.52. The van der Waals surface area contributed by atoms with E-state index < -0.39 is 23.9 Å². The molecule has 9 heteroatoms. The number of anilines is 2. The van der Waals surface area contributed by atoms with Crippen molar-refractivity contribution in [2.45, 2.75) is 38.3 Å². The van der Waals surface area contributed by atoms with Gasteiger partial charge in [-0.25, -0.2) is 9.78 Å². The molecule has 36 heavy (non-hydrogen) atoms. The lowest BCUT2D eigenvalue weighted by Crippen LogP contribution is -2.70. The number of likely N-dealkylation sites (N-methyl/N-ethyl adjacent to an activating group) is 1. The van der Waals surface area contributed by atoms with Crippen molar-refractivity contribution < 1.29 is 14.4 Å². The van der Waals surface area contributed by atoms with E-state index in [9.17, 15) is 14.4 Å². The first-order valence-electron chi connectivity index (χ1n) is 12.0. The van der Waals surface area contributed by atoms with Crippen LogP contribution in [0.1, 0.15) is 36.9 Å². The molecule has 1 aromatic carbocycles. The third-order valence-corrected chi connectivity index (χ3v) is 6.42. The van der Waals surface area contributed by atoms with Gasteiger partial charge in [0.05, 0.1) is 12.0 Å². The summed E-state index contributed by atoms with van der Waals surface area (Å²) >= 11 is 0. The second kappa shape index (κ2) is 11.0. The lowest BCUT2D eigenvalue weighted by Gasteiger charge is -2.46. The predicted octanol–water partition coefficient (Wildman–Crippen LogP) is 3.34. The maximum atomic E-state index is 13.6. The van der Waals surface area contributed by atoms with Crippen LogP contribution in [0.2, 0.25) is 0 Å². The van der Waals surface area contributed by atoms with Gasteiger partial charge in [0.1, 0.15) is 11.9 Å². The highest BCUT2D eigenvalue weighted by Gasteiger charge is 2.55. The Hall–Kier alpha value is -4.27. The minimum atomic E-state index is -0.951. The Balaban J connectivity index is 1.60. The molecular formula is C27H30N6O3. The van der Waals surface area contributed by atoms with Crippen LogP contribution >= 0.6 is 0 Å². The number of urea groups is 1. The second-order valence-corrected chi connectivity index (χ2v) is 8.86. The maximum Gasteiger partial charge on any atom is 0.325 e. The highest BCUT2D eigenvalue weighted by molar-refractivity contribution is 6.12. The van der Waals surface area contributed by atoms with Crippen molar-refractivity contribution in [2.75, 3.05) is 17.7 Å². The van der Waals surface area contributed by atoms with Crippen LogP contribution in [0.15, 0.2) is 73.2 Å². The van der Waals surface area contributed by atoms with Gasteiger partial charge >= 0.3 is 6.03 Å². The zero-order chi connectivity index (χ0) is 25.7. The standard InChI is InChI=1S/C27H30N6O3/c1-3-8-22(19-9-7-13-29-17-19)31-27(36)33-24(26(35)32(2)20-10-5-4-6-11-20)21(25(33)34)15-18-12-14-30-23(28)16-18/h4-7,9-14,16-17,21-22,24H,3,8,15H2,1-2H3,(H2,28,30)(H,31,36)/t21?,22-,24-/m0/s1. The van der Waals surface area contributed by atoms with Crippen LogP contribution in [-0.2, 0) is 16.0 Å². The van der Waals surface area contributed by atoms with E-state index in [0.717, 1.165) is 22.4 Å². The predicted molar refractivity (Wildman–Crippen MR) is 137 cm³/mol. The first-order chi connectivity index (χ1) is 17.4. The van der Waals surface area contributed by atoms with E-state index in [0.29, 0.717) is 17.9 Å². The van der Waals surface area contributed by atoms with Crippen LogP contribution in [0.5, 0.6) is 0 Å². The smallest absolute Gasteiger partial charge is 0.325 e. The number of nitrogen functional groups attached to an aromatic ring is 1. The van der Waals surface area contributed by atoms with Crippen LogP contribution in [-0.4, -0.2) is 45.8 Å². The number of hydrogen-bond donors (Lipinski definition) is 2. The topological polar surface area (TPSA) is 122 Å². The molecule has 3 heterocycles. The summed E-state index contributed by atoms with van der Waals surface area (Å²) in [7, 11) is 1.65. The molecular weight excluding hydrogens is 456 g/mol. The molecule has 0 saturated carbocycles. The van der Waals surface area contributed by atoms with Crippen LogP contribution < -0.4 is 16.0 Å². The molecule has 9 nitrogen and oxygen atoms in total. The number of rotatable bonds is 8. The van der Waals surface area contributed by atoms with Crippen molar-refractivity contribution in [3.8, 4) is 0 Å². The van der Waals surface area contributed by atoms with Crippen molar-refractivity contribution in [3.05, 3.63) is 84.3 Å². The minimum absolute atomic E-state index is 0.273. The molecule has 1 fully saturated rings. The first kappa shape index (κ1) is 24.8. The van der Waals surface area contributed by atoms with Gasteiger partial charge in [0, 0.05) is 31.3 Å². The summed E-state index contributed by atoms with van der Waals surface area (Å²) in [6, 6.07) is 14.4. The van der Waals surface area contributed by atoms with E-state index in [-0.39, 0.29) is 18.4 Å². The lowest BCUT2D eigenvalue weighted by atomic mass is 9.81. The second-order valence-electron chi connectivity index (χ2n) is 8.86. The Kier molecular flexibility index (Phi) is 7.58. The molecule has 0 bridgehead atoms. The molecule has 4 amide bonds. The third-order valence-electron chi connectivity index (χ3n) is 6.42. The van der Waals surface area contributed by atoms with Gasteiger partial charge in [-0.1, -0.05) is 37.6 Å². The number of likely N-dealkylation sites (tertiary alicyclic amines) is 1. The average molecular weight is 487 g/mol. The normalized spacial score (nSPS) is 17.7. The molecule has 0 spiro atoms. The maximum absolute atomic E-state index is 13.6. The number of carbonyl (C=O) groups is 3. The van der Waals surface area contributed by atoms with E-state index in [1.54, 1.807) is 56.0 Å². The number of aromatic nitrogens is 2. The Labute approximate surface area is 210 Å². The van der Waals surface area contributed by atoms with E-state index in [1.807, 2.05) is 31.2 Å². The molecule has 3 N–H and O–H groups in total. The Morgan fingerprint density at radius 2 is 1.92 bits per heavy atom. The fourth-order valence-corrected chi connectivity index (χ4v) is 4.52. The summed E-state index contributed by atoms with van der Waals surface area (Å²) < 4.78 is 0. The van der Waals surface area contributed by atoms with E-state index in [4.69, 9.17) is 5.73 Å². The van der Waals surface area contributed by atoms with Crippen LogP contribution in [0.4, 0.5) is 16.3 Å². The monoisotopic (exact) mass is 486 g/mol. The summed E-state index contributed by atoms with van der Waals surface area (Å²) in [6.07, 6.45) is 6.68. The number of para-hydroxylation sites is 1. The number of imide groups is 1. The number of benzene rings is 1. The molecule has 0 radical (unpaired) electrons. The largest absolute Gasteiger partial charge is 0.384 e. The molecule has 3 atom stereocenters. The minimum Gasteiger partial charge on any atom is -0.384 e. The van der Waals surface area contributed by atoms with Gasteiger partial charge in [-0.05, 0) is 54.3 Å². The SMILES string of the molecule is CCC[C@H](NC(=O)N1C(=O)C(Cc2ccnc(N)c2)[C@H]1C(=O)N(C)c1ccccc1)c1cccnc1. The van der Waals surface area contributed by atoms with Gasteiger partial charge in [-0.15, -0.1) is 0 Å². The van der Waals surface area contributed by atoms with Crippen molar-refractivity contribution in [2.24, 2.45) is 5.92 Å². The number of β-lactam (4-membered cyclic amide) rings is 1. The number of amides is 4. The quantitative estimate of drug-likeness (QED) is 0.471. The van der Waals surface area contributed by atoms with Gasteiger partial charge in [0.25, 0.3) is 5.91 Å². The number of pyridine rings is 2. The van der Waals surface area contributed by atoms with Crippen LogP contribution in [0.25, 0.3) is 0 Å². The van der Waals surface area contributed by atoms with Crippen molar-refractivity contribution >= 4 is 29.4 Å². The summed E-state index contributed by atoms with van der Waals surface area (Å²) in [5.74, 6) is -1.10. The molecule has 186 valence electrons. The summed E-state index contributed by atoms with van der Waals surface area (Å²) in [5, 5.41) is 2.95. The molecule has 3 aromatic rings. The fraction of sp³-hybridized carbons (Fsp3) is 0.296. The zero-order valence-corrected chi connectivity index (χ0v) is 20.4. The van der Waals surface area contributed by atoms with Crippen LogP contribution in [0, 0.1) is 5.92 Å². The Bertz CT molecular complexity index is 1220. The van der Waals surface area contributed by atoms with E-state index in [1.165, 1.54) is 4.90 Å². The molecule has 1 aliphatic heterocycles. The van der Waals surface area contributed by atoms with Gasteiger partial charge in [-0.2, -0.15) is 0 Å². The van der Waals surface area contributed by atoms with Crippen LogP contribution in [0.3, 0.4) is 0 Å². The highest BCUT2D eigenvalue weighted by atomic mass is 16.2. The van der Waals surface area contributed by atoms with Crippen molar-refractivity contribution in [3.63, 3.8) is 0 Å². The molecule has 0 aliphatic carbocycles. The number of carbonyl (C=O) groups excluding carboxylic acids is 3. The van der Waals surface area contributed by atoms with Gasteiger partial charge in [0.15, 0.2) is 0 Å². The summed E-state index contributed by atoms with van der Waals surface area (Å²) in [5.41, 5.74) is 8.10. The first-order valence-corrected chi connectivity index (χ1v) is 12.0. The van der Waals surface area contributed by atoms with Gasteiger partial charge in [0.2, 0.25) is 5.91 Å². The summed E-state index contributed by atoms with van der Waals surface area (Å²) in [4.78, 5) is 51.0. The molecule has 1 aliphatic rings. The van der Waals surface area contributed by atoms with Crippen molar-refractivity contribution in [1.82, 2.24) is 20.2 Å². The molecule has 2 aromatic heterocycles. The Morgan fingerprint density at radius 1 is 1.14 bits per heavy atom. The van der Waals surface area contributed by atoms with E-state index in [2.05, 4.69) is 15.3 Å². The van der Waals surface area contributed by atoms with Crippen molar-refractivity contribution in [1.29, 1.82) is 0 Å². The zero-order valence-electron chi connectivity index (χ0n) is 20.4. The number of nitrogens with two attached hydrogens (primary N) is 1. The average Bonchev–Trinajstić information content (AvgIpc) is 2.90. The molecule has 4 rings (SSSR count). The van der Waals surface area contributed by atoms with Gasteiger partial charge < -0.3 is 16.0 Å². The third kappa shape index (κ3) is 5.19. The lowest BCUT2D eigenvalue weighted by molar-refractivity contribution is -0.156. The summed E-state index contributed by atoms with van der Waals surface area (Å²) in [6.45, 7) is 2.02. The number of nitrogens with zero attached hydrogens (tertiary/aromatic N) is 4. The van der Waals surface area contributed by atoms with Gasteiger partial charge in [-0.3, -0.25) is 19.5 Å². The number of hydrogen-bond acceptors (Lipinski definition) is 6.